The number of halogens is 1. The fourth-order valence-corrected chi connectivity index (χ4v) is 2.65. The monoisotopic (exact) mass is 287 g/mol. The summed E-state index contributed by atoms with van der Waals surface area (Å²) < 4.78 is 18.9. The van der Waals surface area contributed by atoms with Gasteiger partial charge >= 0.3 is 0 Å². The summed E-state index contributed by atoms with van der Waals surface area (Å²) >= 11 is 0. The number of aryl methyl sites for hydroxylation is 1. The van der Waals surface area contributed by atoms with E-state index in [0.717, 1.165) is 29.8 Å². The molecule has 3 heteroatoms. The van der Waals surface area contributed by atoms with Gasteiger partial charge in [-0.1, -0.05) is 29.8 Å². The molecule has 0 aliphatic rings. The van der Waals surface area contributed by atoms with E-state index in [1.54, 1.807) is 19.2 Å². The Morgan fingerprint density at radius 3 is 2.67 bits per heavy atom. The predicted octanol–water partition coefficient (Wildman–Crippen LogP) is 3.69. The first kappa shape index (κ1) is 15.5. The molecule has 0 aromatic heterocycles. The van der Waals surface area contributed by atoms with Gasteiger partial charge in [0.1, 0.15) is 11.6 Å². The van der Waals surface area contributed by atoms with Crippen LogP contribution >= 0.6 is 0 Å². The molecule has 0 spiro atoms. The molecule has 0 bridgehead atoms. The molecule has 21 heavy (non-hydrogen) atoms. The number of nitrogens with one attached hydrogen (secondary N) is 1. The molecule has 2 rings (SSSR count). The molecule has 0 heterocycles. The molecular weight excluding hydrogens is 265 g/mol. The van der Waals surface area contributed by atoms with Crippen molar-refractivity contribution in [1.82, 2.24) is 5.32 Å². The van der Waals surface area contributed by atoms with Crippen LogP contribution in [0, 0.1) is 12.7 Å². The average Bonchev–Trinajstić information content (AvgIpc) is 2.47. The number of hydrogen-bond acceptors (Lipinski definition) is 2. The first-order valence-electron chi connectivity index (χ1n) is 7.17. The van der Waals surface area contributed by atoms with E-state index >= 15 is 0 Å². The molecule has 0 aliphatic carbocycles. The lowest BCUT2D eigenvalue weighted by Gasteiger charge is -2.19. The molecule has 0 radical (unpaired) electrons. The zero-order chi connectivity index (χ0) is 15.2. The van der Waals surface area contributed by atoms with Crippen LogP contribution < -0.4 is 10.1 Å². The molecule has 0 fully saturated rings. The van der Waals surface area contributed by atoms with Gasteiger partial charge < -0.3 is 10.1 Å². The Balaban J connectivity index is 2.30. The summed E-state index contributed by atoms with van der Waals surface area (Å²) in [4.78, 5) is 0. The fraction of sp³-hybridized carbons (Fsp3) is 0.333. The molecule has 2 aromatic rings. The van der Waals surface area contributed by atoms with Gasteiger partial charge in [-0.25, -0.2) is 4.39 Å². The SMILES string of the molecule is CNCC(Cc1cc(C)ccc1OC)c1cccc(F)c1. The summed E-state index contributed by atoms with van der Waals surface area (Å²) in [7, 11) is 3.60. The highest BCUT2D eigenvalue weighted by Crippen LogP contribution is 2.27. The molecule has 0 saturated heterocycles. The summed E-state index contributed by atoms with van der Waals surface area (Å²) in [5.41, 5.74) is 3.36. The molecule has 0 amide bonds. The van der Waals surface area contributed by atoms with Crippen molar-refractivity contribution in [2.75, 3.05) is 20.7 Å². The van der Waals surface area contributed by atoms with Crippen molar-refractivity contribution in [3.8, 4) is 5.75 Å². The lowest BCUT2D eigenvalue weighted by molar-refractivity contribution is 0.407. The highest BCUT2D eigenvalue weighted by Gasteiger charge is 2.15. The fourth-order valence-electron chi connectivity index (χ4n) is 2.65. The summed E-state index contributed by atoms with van der Waals surface area (Å²) in [6.45, 7) is 2.86. The van der Waals surface area contributed by atoms with Gasteiger partial charge in [-0.15, -0.1) is 0 Å². The molecule has 1 atom stereocenters. The van der Waals surface area contributed by atoms with Crippen molar-refractivity contribution in [2.24, 2.45) is 0 Å². The zero-order valence-electron chi connectivity index (χ0n) is 12.8. The van der Waals surface area contributed by atoms with Gasteiger partial charge in [0.25, 0.3) is 0 Å². The smallest absolute Gasteiger partial charge is 0.123 e. The van der Waals surface area contributed by atoms with Gasteiger partial charge in [0.05, 0.1) is 7.11 Å². The van der Waals surface area contributed by atoms with Crippen LogP contribution in [0.15, 0.2) is 42.5 Å². The second kappa shape index (κ2) is 7.23. The van der Waals surface area contributed by atoms with E-state index in [0.29, 0.717) is 0 Å². The minimum absolute atomic E-state index is 0.190. The van der Waals surface area contributed by atoms with Crippen molar-refractivity contribution in [3.05, 3.63) is 65.0 Å². The first-order valence-corrected chi connectivity index (χ1v) is 7.17. The van der Waals surface area contributed by atoms with Crippen molar-refractivity contribution >= 4 is 0 Å². The third kappa shape index (κ3) is 4.05. The summed E-state index contributed by atoms with van der Waals surface area (Å²) in [5, 5.41) is 3.19. The van der Waals surface area contributed by atoms with Gasteiger partial charge in [0.2, 0.25) is 0 Å². The van der Waals surface area contributed by atoms with Crippen LogP contribution in [-0.4, -0.2) is 20.7 Å². The highest BCUT2D eigenvalue weighted by molar-refractivity contribution is 5.38. The Morgan fingerprint density at radius 2 is 2.00 bits per heavy atom. The maximum absolute atomic E-state index is 13.5. The van der Waals surface area contributed by atoms with Gasteiger partial charge in [0, 0.05) is 12.5 Å². The second-order valence-electron chi connectivity index (χ2n) is 5.33. The van der Waals surface area contributed by atoms with E-state index in [2.05, 4.69) is 18.3 Å². The lowest BCUT2D eigenvalue weighted by atomic mass is 9.91. The third-order valence-electron chi connectivity index (χ3n) is 3.67. The quantitative estimate of drug-likeness (QED) is 0.875. The average molecular weight is 287 g/mol. The Hall–Kier alpha value is -1.87. The normalized spacial score (nSPS) is 12.2. The predicted molar refractivity (Wildman–Crippen MR) is 84.5 cm³/mol. The van der Waals surface area contributed by atoms with Crippen LogP contribution in [0.2, 0.25) is 0 Å². The van der Waals surface area contributed by atoms with E-state index < -0.39 is 0 Å². The maximum Gasteiger partial charge on any atom is 0.123 e. The zero-order valence-corrected chi connectivity index (χ0v) is 12.8. The van der Waals surface area contributed by atoms with Crippen molar-refractivity contribution in [1.29, 1.82) is 0 Å². The molecule has 1 N–H and O–H groups in total. The topological polar surface area (TPSA) is 21.3 Å². The van der Waals surface area contributed by atoms with Gasteiger partial charge in [0.15, 0.2) is 0 Å². The summed E-state index contributed by atoms with van der Waals surface area (Å²) in [6.07, 6.45) is 0.815. The van der Waals surface area contributed by atoms with Crippen LogP contribution in [-0.2, 0) is 6.42 Å². The van der Waals surface area contributed by atoms with Gasteiger partial charge in [-0.3, -0.25) is 0 Å². The Labute approximate surface area is 126 Å². The standard InChI is InChI=1S/C18H22FNO/c1-13-7-8-18(21-3)15(9-13)10-16(12-20-2)14-5-4-6-17(19)11-14/h4-9,11,16,20H,10,12H2,1-3H3. The van der Waals surface area contributed by atoms with Gasteiger partial charge in [-0.2, -0.15) is 0 Å². The molecule has 2 nitrogen and oxygen atoms in total. The van der Waals surface area contributed by atoms with Crippen LogP contribution in [0.25, 0.3) is 0 Å². The van der Waals surface area contributed by atoms with E-state index in [9.17, 15) is 4.39 Å². The van der Waals surface area contributed by atoms with Crippen LogP contribution in [0.4, 0.5) is 4.39 Å². The van der Waals surface area contributed by atoms with Crippen LogP contribution in [0.5, 0.6) is 5.75 Å². The number of likely N-dealkylation sites (N-methyl/N-ethyl adjacent to an activating group) is 1. The van der Waals surface area contributed by atoms with Crippen molar-refractivity contribution in [3.63, 3.8) is 0 Å². The molecule has 112 valence electrons. The Bertz CT molecular complexity index is 598. The van der Waals surface area contributed by atoms with E-state index in [1.165, 1.54) is 11.6 Å². The Kier molecular flexibility index (Phi) is 5.34. The third-order valence-corrected chi connectivity index (χ3v) is 3.67. The number of methoxy groups -OCH3 is 1. The van der Waals surface area contributed by atoms with Gasteiger partial charge in [-0.05, 0) is 49.7 Å². The Morgan fingerprint density at radius 1 is 1.19 bits per heavy atom. The largest absolute Gasteiger partial charge is 0.496 e. The summed E-state index contributed by atoms with van der Waals surface area (Å²) in [5.74, 6) is 0.907. The number of ether oxygens (including phenoxy) is 1. The number of rotatable bonds is 6. The van der Waals surface area contributed by atoms with Crippen LogP contribution in [0.1, 0.15) is 22.6 Å². The molecule has 1 unspecified atom stereocenters. The van der Waals surface area contributed by atoms with E-state index in [4.69, 9.17) is 4.74 Å². The molecule has 0 aliphatic heterocycles. The molecule has 2 aromatic carbocycles. The van der Waals surface area contributed by atoms with Crippen molar-refractivity contribution in [2.45, 2.75) is 19.3 Å². The van der Waals surface area contributed by atoms with E-state index in [1.807, 2.05) is 25.2 Å². The maximum atomic E-state index is 13.5. The molecular formula is C18H22FNO. The first-order chi connectivity index (χ1) is 10.1. The molecule has 0 saturated carbocycles. The number of benzene rings is 2. The minimum Gasteiger partial charge on any atom is -0.496 e. The summed E-state index contributed by atoms with van der Waals surface area (Å²) in [6, 6.07) is 13.0. The second-order valence-corrected chi connectivity index (χ2v) is 5.33. The van der Waals surface area contributed by atoms with Crippen molar-refractivity contribution < 1.29 is 9.13 Å². The highest BCUT2D eigenvalue weighted by atomic mass is 19.1. The number of hydrogen-bond donors (Lipinski definition) is 1. The van der Waals surface area contributed by atoms with E-state index in [-0.39, 0.29) is 11.7 Å². The minimum atomic E-state index is -0.190. The lowest BCUT2D eigenvalue weighted by Crippen LogP contribution is -2.19. The van der Waals surface area contributed by atoms with Crippen LogP contribution in [0.3, 0.4) is 0 Å².